The van der Waals surface area contributed by atoms with Gasteiger partial charge < -0.3 is 4.98 Å². The molecule has 0 amide bonds. The molecule has 2 rings (SSSR count). The minimum Gasteiger partial charge on any atom is -0.366 e. The highest BCUT2D eigenvalue weighted by Gasteiger charge is 2.12. The molecule has 0 spiro atoms. The highest BCUT2D eigenvalue weighted by atomic mass is 16.1. The number of rotatable bonds is 0. The van der Waals surface area contributed by atoms with E-state index in [1.54, 1.807) is 6.20 Å². The SMILES string of the molecule is O=C1CC=Cc2c[nH]cc21. The summed E-state index contributed by atoms with van der Waals surface area (Å²) < 4.78 is 0. The third kappa shape index (κ3) is 0.620. The Labute approximate surface area is 58.6 Å². The highest BCUT2D eigenvalue weighted by Crippen LogP contribution is 2.17. The van der Waals surface area contributed by atoms with E-state index < -0.39 is 0 Å². The predicted molar refractivity (Wildman–Crippen MR) is 38.8 cm³/mol. The molecule has 1 aliphatic rings. The summed E-state index contributed by atoms with van der Waals surface area (Å²) in [5.74, 6) is 0.207. The maximum absolute atomic E-state index is 11.1. The molecule has 0 bridgehead atoms. The van der Waals surface area contributed by atoms with Gasteiger partial charge in [-0.1, -0.05) is 12.2 Å². The Morgan fingerprint density at radius 1 is 1.40 bits per heavy atom. The predicted octanol–water partition coefficient (Wildman–Crippen LogP) is 1.61. The third-order valence-corrected chi connectivity index (χ3v) is 1.68. The normalized spacial score (nSPS) is 15.4. The standard InChI is InChI=1S/C8H7NO/c10-8-3-1-2-6-4-9-5-7(6)8/h1-2,4-5,9H,3H2. The lowest BCUT2D eigenvalue weighted by atomic mass is 10.0. The van der Waals surface area contributed by atoms with Gasteiger partial charge in [0.2, 0.25) is 0 Å². The fourth-order valence-corrected chi connectivity index (χ4v) is 1.16. The van der Waals surface area contributed by atoms with Crippen molar-refractivity contribution in [2.24, 2.45) is 0 Å². The number of nitrogens with one attached hydrogen (secondary N) is 1. The number of hydrogen-bond acceptors (Lipinski definition) is 1. The zero-order valence-corrected chi connectivity index (χ0v) is 5.42. The number of hydrogen-bond donors (Lipinski definition) is 1. The maximum atomic E-state index is 11.1. The minimum atomic E-state index is 0.207. The molecule has 1 N–H and O–H groups in total. The van der Waals surface area contributed by atoms with E-state index in [0.717, 1.165) is 11.1 Å². The van der Waals surface area contributed by atoms with Gasteiger partial charge in [-0.15, -0.1) is 0 Å². The number of H-pyrrole nitrogens is 1. The van der Waals surface area contributed by atoms with Crippen LogP contribution in [0.2, 0.25) is 0 Å². The third-order valence-electron chi connectivity index (χ3n) is 1.68. The van der Waals surface area contributed by atoms with Crippen LogP contribution in [0.3, 0.4) is 0 Å². The van der Waals surface area contributed by atoms with E-state index in [2.05, 4.69) is 4.98 Å². The molecule has 50 valence electrons. The topological polar surface area (TPSA) is 32.9 Å². The molecule has 2 heteroatoms. The quantitative estimate of drug-likeness (QED) is 0.573. The van der Waals surface area contributed by atoms with Crippen molar-refractivity contribution in [2.45, 2.75) is 6.42 Å². The molecule has 0 fully saturated rings. The lowest BCUT2D eigenvalue weighted by molar-refractivity contribution is 0.0995. The number of carbonyl (C=O) groups excluding carboxylic acids is 1. The first kappa shape index (κ1) is 5.47. The molecule has 1 aliphatic carbocycles. The van der Waals surface area contributed by atoms with Gasteiger partial charge in [-0.2, -0.15) is 0 Å². The summed E-state index contributed by atoms with van der Waals surface area (Å²) in [5.41, 5.74) is 1.83. The first-order chi connectivity index (χ1) is 4.88. The molecule has 0 atom stereocenters. The second kappa shape index (κ2) is 1.84. The summed E-state index contributed by atoms with van der Waals surface area (Å²) in [4.78, 5) is 14.0. The van der Waals surface area contributed by atoms with Crippen LogP contribution >= 0.6 is 0 Å². The molecule has 2 nitrogen and oxygen atoms in total. The van der Waals surface area contributed by atoms with E-state index in [4.69, 9.17) is 0 Å². The van der Waals surface area contributed by atoms with Crippen LogP contribution < -0.4 is 0 Å². The van der Waals surface area contributed by atoms with Crippen molar-refractivity contribution < 1.29 is 4.79 Å². The van der Waals surface area contributed by atoms with E-state index >= 15 is 0 Å². The van der Waals surface area contributed by atoms with Crippen molar-refractivity contribution in [3.05, 3.63) is 29.6 Å². The van der Waals surface area contributed by atoms with Gasteiger partial charge in [-0.3, -0.25) is 4.79 Å². The molecule has 1 heterocycles. The van der Waals surface area contributed by atoms with E-state index in [-0.39, 0.29) is 5.78 Å². The fraction of sp³-hybridized carbons (Fsp3) is 0.125. The van der Waals surface area contributed by atoms with Gasteiger partial charge >= 0.3 is 0 Å². The molecule has 0 aliphatic heterocycles. The van der Waals surface area contributed by atoms with Crippen molar-refractivity contribution in [1.82, 2.24) is 4.98 Å². The molecule has 0 saturated carbocycles. The van der Waals surface area contributed by atoms with Crippen LogP contribution in [0.1, 0.15) is 22.3 Å². The summed E-state index contributed by atoms with van der Waals surface area (Å²) >= 11 is 0. The van der Waals surface area contributed by atoms with Crippen LogP contribution in [0.25, 0.3) is 6.08 Å². The molecular weight excluding hydrogens is 126 g/mol. The average Bonchev–Trinajstić information content (AvgIpc) is 2.36. The Bertz CT molecular complexity index is 296. The minimum absolute atomic E-state index is 0.207. The molecule has 1 aromatic heterocycles. The number of Topliss-reactive ketones (excluding diaryl/α,β-unsaturated/α-hetero) is 1. The number of aromatic amines is 1. The van der Waals surface area contributed by atoms with Crippen molar-refractivity contribution in [3.63, 3.8) is 0 Å². The molecular formula is C8H7NO. The number of carbonyl (C=O) groups is 1. The number of aromatic nitrogens is 1. The Morgan fingerprint density at radius 2 is 2.30 bits per heavy atom. The van der Waals surface area contributed by atoms with Crippen molar-refractivity contribution in [1.29, 1.82) is 0 Å². The number of allylic oxidation sites excluding steroid dienone is 1. The van der Waals surface area contributed by atoms with Crippen LogP contribution in [0.15, 0.2) is 18.5 Å². The van der Waals surface area contributed by atoms with E-state index in [1.807, 2.05) is 18.3 Å². The zero-order chi connectivity index (χ0) is 6.97. The van der Waals surface area contributed by atoms with Gasteiger partial charge in [0.1, 0.15) is 0 Å². The maximum Gasteiger partial charge on any atom is 0.168 e. The molecule has 0 radical (unpaired) electrons. The summed E-state index contributed by atoms with van der Waals surface area (Å²) in [6.45, 7) is 0. The fourth-order valence-electron chi connectivity index (χ4n) is 1.16. The average molecular weight is 133 g/mol. The zero-order valence-electron chi connectivity index (χ0n) is 5.42. The molecule has 1 aromatic rings. The van der Waals surface area contributed by atoms with Crippen LogP contribution in [-0.2, 0) is 0 Å². The van der Waals surface area contributed by atoms with Crippen molar-refractivity contribution in [3.8, 4) is 0 Å². The van der Waals surface area contributed by atoms with E-state index in [1.165, 1.54) is 0 Å². The van der Waals surface area contributed by atoms with E-state index in [0.29, 0.717) is 6.42 Å². The van der Waals surface area contributed by atoms with Crippen LogP contribution in [0.5, 0.6) is 0 Å². The Kier molecular flexibility index (Phi) is 1.01. The second-order valence-corrected chi connectivity index (χ2v) is 2.35. The van der Waals surface area contributed by atoms with Crippen LogP contribution in [0.4, 0.5) is 0 Å². The first-order valence-corrected chi connectivity index (χ1v) is 3.24. The summed E-state index contributed by atoms with van der Waals surface area (Å²) in [6.07, 6.45) is 7.99. The number of ketones is 1. The molecule has 10 heavy (non-hydrogen) atoms. The van der Waals surface area contributed by atoms with Gasteiger partial charge in [0.05, 0.1) is 0 Å². The van der Waals surface area contributed by atoms with E-state index in [9.17, 15) is 4.79 Å². The molecule has 0 unspecified atom stereocenters. The Morgan fingerprint density at radius 3 is 3.10 bits per heavy atom. The summed E-state index contributed by atoms with van der Waals surface area (Å²) in [7, 11) is 0. The monoisotopic (exact) mass is 133 g/mol. The van der Waals surface area contributed by atoms with Gasteiger partial charge in [-0.05, 0) is 0 Å². The summed E-state index contributed by atoms with van der Waals surface area (Å²) in [5, 5.41) is 0. The highest BCUT2D eigenvalue weighted by molar-refractivity contribution is 6.02. The Balaban J connectivity index is 2.62. The summed E-state index contributed by atoms with van der Waals surface area (Å²) in [6, 6.07) is 0. The van der Waals surface area contributed by atoms with Gasteiger partial charge in [0.25, 0.3) is 0 Å². The van der Waals surface area contributed by atoms with Crippen molar-refractivity contribution in [2.75, 3.05) is 0 Å². The van der Waals surface area contributed by atoms with Crippen LogP contribution in [-0.4, -0.2) is 10.8 Å². The van der Waals surface area contributed by atoms with Gasteiger partial charge in [0, 0.05) is 29.9 Å². The van der Waals surface area contributed by atoms with Gasteiger partial charge in [-0.25, -0.2) is 0 Å². The largest absolute Gasteiger partial charge is 0.366 e. The molecule has 0 aromatic carbocycles. The Hall–Kier alpha value is -1.31. The smallest absolute Gasteiger partial charge is 0.168 e. The van der Waals surface area contributed by atoms with Gasteiger partial charge in [0.15, 0.2) is 5.78 Å². The lowest BCUT2D eigenvalue weighted by Gasteiger charge is -2.00. The van der Waals surface area contributed by atoms with Crippen molar-refractivity contribution >= 4 is 11.9 Å². The second-order valence-electron chi connectivity index (χ2n) is 2.35. The molecule has 0 saturated heterocycles. The first-order valence-electron chi connectivity index (χ1n) is 3.24. The lowest BCUT2D eigenvalue weighted by Crippen LogP contribution is -2.00. The van der Waals surface area contributed by atoms with Crippen LogP contribution in [0, 0.1) is 0 Å². The number of fused-ring (bicyclic) bond motifs is 1.